The Labute approximate surface area is 182 Å². The van der Waals surface area contributed by atoms with Crippen LogP contribution < -0.4 is 15.1 Å². The third-order valence-corrected chi connectivity index (χ3v) is 5.25. The zero-order chi connectivity index (χ0) is 21.5. The van der Waals surface area contributed by atoms with Gasteiger partial charge in [-0.05, 0) is 23.8 Å². The van der Waals surface area contributed by atoms with Crippen LogP contribution in [-0.2, 0) is 13.1 Å². The van der Waals surface area contributed by atoms with Crippen LogP contribution in [0.15, 0.2) is 94.2 Å². The molecule has 0 radical (unpaired) electrons. The van der Waals surface area contributed by atoms with Crippen LogP contribution in [0.5, 0.6) is 5.75 Å². The maximum Gasteiger partial charge on any atom is 0.300 e. The molecule has 0 saturated carbocycles. The van der Waals surface area contributed by atoms with E-state index in [0.29, 0.717) is 17.1 Å². The minimum Gasteiger partial charge on any atom is -0.492 e. The van der Waals surface area contributed by atoms with Crippen LogP contribution in [-0.4, -0.2) is 26.9 Å². The van der Waals surface area contributed by atoms with Gasteiger partial charge in [-0.15, -0.1) is 11.3 Å². The van der Waals surface area contributed by atoms with E-state index in [0.717, 1.165) is 5.56 Å². The fourth-order valence-electron chi connectivity index (χ4n) is 2.92. The van der Waals surface area contributed by atoms with Gasteiger partial charge in [0.2, 0.25) is 0 Å². The summed E-state index contributed by atoms with van der Waals surface area (Å²) in [6.07, 6.45) is 1.89. The first-order valence-electron chi connectivity index (χ1n) is 9.72. The van der Waals surface area contributed by atoms with Gasteiger partial charge in [0.25, 0.3) is 11.5 Å². The predicted octanol–water partition coefficient (Wildman–Crippen LogP) is 2.97. The van der Waals surface area contributed by atoms with Crippen molar-refractivity contribution < 1.29 is 9.53 Å². The molecule has 1 amide bonds. The summed E-state index contributed by atoms with van der Waals surface area (Å²) in [4.78, 5) is 29.6. The number of hydrogen-bond donors (Lipinski definition) is 0. The van der Waals surface area contributed by atoms with Crippen molar-refractivity contribution >= 4 is 17.2 Å². The molecule has 8 heteroatoms. The first-order chi connectivity index (χ1) is 15.2. The van der Waals surface area contributed by atoms with E-state index in [1.807, 2.05) is 76.8 Å². The summed E-state index contributed by atoms with van der Waals surface area (Å²) in [6, 6.07) is 22.0. The highest BCUT2D eigenvalue weighted by Gasteiger charge is 2.10. The van der Waals surface area contributed by atoms with Crippen molar-refractivity contribution in [2.75, 3.05) is 6.61 Å². The molecule has 0 saturated heterocycles. The molecule has 4 aromatic rings. The van der Waals surface area contributed by atoms with E-state index < -0.39 is 5.91 Å². The summed E-state index contributed by atoms with van der Waals surface area (Å²) in [5, 5.41) is 6.05. The molecule has 0 aliphatic rings. The van der Waals surface area contributed by atoms with Gasteiger partial charge in [0.05, 0.1) is 6.54 Å². The minimum atomic E-state index is -0.498. The Balaban J connectivity index is 1.49. The molecule has 4 rings (SSSR count). The van der Waals surface area contributed by atoms with E-state index in [1.165, 1.54) is 28.2 Å². The lowest BCUT2D eigenvalue weighted by atomic mass is 10.2. The summed E-state index contributed by atoms with van der Waals surface area (Å²) in [5.74, 6) is 0.209. The molecule has 7 nitrogen and oxygen atoms in total. The van der Waals surface area contributed by atoms with Gasteiger partial charge in [-0.1, -0.05) is 48.5 Å². The summed E-state index contributed by atoms with van der Waals surface area (Å²) in [7, 11) is 0. The summed E-state index contributed by atoms with van der Waals surface area (Å²) in [5.41, 5.74) is 0.919. The highest BCUT2D eigenvalue weighted by Crippen LogP contribution is 2.08. The zero-order valence-corrected chi connectivity index (χ0v) is 17.4. The van der Waals surface area contributed by atoms with Crippen molar-refractivity contribution in [3.63, 3.8) is 0 Å². The van der Waals surface area contributed by atoms with Crippen LogP contribution in [0, 0.1) is 0 Å². The number of amides is 1. The predicted molar refractivity (Wildman–Crippen MR) is 118 cm³/mol. The number of hydrogen-bond acceptors (Lipinski definition) is 5. The van der Waals surface area contributed by atoms with E-state index >= 15 is 0 Å². The molecular formula is C23H20N4O3S. The Kier molecular flexibility index (Phi) is 6.49. The van der Waals surface area contributed by atoms with E-state index in [1.54, 1.807) is 0 Å². The van der Waals surface area contributed by atoms with Gasteiger partial charge in [-0.25, -0.2) is 4.68 Å². The first-order valence-corrected chi connectivity index (χ1v) is 10.6. The SMILES string of the molecule is O=C(N=c1sccn1Cc1ccccc1)c1ccc(=O)n(CCOc2ccccc2)n1. The molecule has 0 spiro atoms. The Morgan fingerprint density at radius 2 is 1.74 bits per heavy atom. The molecule has 156 valence electrons. The summed E-state index contributed by atoms with van der Waals surface area (Å²) < 4.78 is 8.74. The fourth-order valence-corrected chi connectivity index (χ4v) is 3.65. The average Bonchev–Trinajstić information content (AvgIpc) is 3.22. The number of para-hydroxylation sites is 1. The minimum absolute atomic E-state index is 0.110. The number of nitrogens with zero attached hydrogens (tertiary/aromatic N) is 4. The average molecular weight is 433 g/mol. The number of carbonyl (C=O) groups excluding carboxylic acids is 1. The molecule has 2 aromatic heterocycles. The van der Waals surface area contributed by atoms with Gasteiger partial charge in [-0.3, -0.25) is 9.59 Å². The van der Waals surface area contributed by atoms with Crippen LogP contribution in [0.25, 0.3) is 0 Å². The van der Waals surface area contributed by atoms with Gasteiger partial charge >= 0.3 is 0 Å². The van der Waals surface area contributed by atoms with Crippen LogP contribution in [0.4, 0.5) is 0 Å². The first kappa shape index (κ1) is 20.5. The Hall–Kier alpha value is -3.78. The Morgan fingerprint density at radius 3 is 2.52 bits per heavy atom. The lowest BCUT2D eigenvalue weighted by Gasteiger charge is -2.08. The van der Waals surface area contributed by atoms with E-state index in [9.17, 15) is 9.59 Å². The molecule has 0 bridgehead atoms. The van der Waals surface area contributed by atoms with Crippen molar-refractivity contribution in [1.82, 2.24) is 14.3 Å². The second-order valence-corrected chi connectivity index (χ2v) is 7.53. The lowest BCUT2D eigenvalue weighted by Crippen LogP contribution is -2.27. The molecule has 0 fully saturated rings. The highest BCUT2D eigenvalue weighted by atomic mass is 32.1. The van der Waals surface area contributed by atoms with Crippen LogP contribution in [0.2, 0.25) is 0 Å². The molecule has 2 heterocycles. The smallest absolute Gasteiger partial charge is 0.300 e. The quantitative estimate of drug-likeness (QED) is 0.450. The number of aromatic nitrogens is 3. The third kappa shape index (κ3) is 5.43. The van der Waals surface area contributed by atoms with Crippen molar-refractivity contribution in [1.29, 1.82) is 0 Å². The monoisotopic (exact) mass is 432 g/mol. The van der Waals surface area contributed by atoms with Crippen molar-refractivity contribution in [3.05, 3.63) is 111 Å². The largest absolute Gasteiger partial charge is 0.492 e. The molecule has 0 aliphatic carbocycles. The molecule has 0 unspecified atom stereocenters. The number of thiazole rings is 1. The standard InChI is InChI=1S/C23H20N4O3S/c28-21-12-11-20(25-27(21)13-15-30-19-9-5-2-6-10-19)22(29)24-23-26(14-16-31-23)17-18-7-3-1-4-8-18/h1-12,14,16H,13,15,17H2. The molecule has 0 N–H and O–H groups in total. The Morgan fingerprint density at radius 1 is 1.00 bits per heavy atom. The fraction of sp³-hybridized carbons (Fsp3) is 0.130. The molecular weight excluding hydrogens is 412 g/mol. The maximum absolute atomic E-state index is 12.7. The second kappa shape index (κ2) is 9.82. The molecule has 0 atom stereocenters. The lowest BCUT2D eigenvalue weighted by molar-refractivity contribution is 0.0990. The van der Waals surface area contributed by atoms with Gasteiger partial charge < -0.3 is 9.30 Å². The maximum atomic E-state index is 12.7. The van der Waals surface area contributed by atoms with Crippen molar-refractivity contribution in [3.8, 4) is 5.75 Å². The van der Waals surface area contributed by atoms with Crippen molar-refractivity contribution in [2.24, 2.45) is 4.99 Å². The number of benzene rings is 2. The topological polar surface area (TPSA) is 78.5 Å². The van der Waals surface area contributed by atoms with E-state index in [2.05, 4.69) is 10.1 Å². The molecule has 2 aromatic carbocycles. The van der Waals surface area contributed by atoms with E-state index in [-0.39, 0.29) is 24.4 Å². The normalized spacial score (nSPS) is 11.4. The Bertz CT molecular complexity index is 1280. The van der Waals surface area contributed by atoms with Crippen LogP contribution in [0.3, 0.4) is 0 Å². The van der Waals surface area contributed by atoms with Gasteiger partial charge in [0, 0.05) is 24.2 Å². The highest BCUT2D eigenvalue weighted by molar-refractivity contribution is 7.07. The molecule has 31 heavy (non-hydrogen) atoms. The zero-order valence-electron chi connectivity index (χ0n) is 16.6. The number of rotatable bonds is 7. The summed E-state index contributed by atoms with van der Waals surface area (Å²) >= 11 is 1.37. The second-order valence-electron chi connectivity index (χ2n) is 6.66. The van der Waals surface area contributed by atoms with Crippen LogP contribution in [0.1, 0.15) is 16.1 Å². The molecule has 0 aliphatic heterocycles. The van der Waals surface area contributed by atoms with Gasteiger partial charge in [0.15, 0.2) is 10.5 Å². The number of carbonyl (C=O) groups is 1. The van der Waals surface area contributed by atoms with Gasteiger partial charge in [0.1, 0.15) is 12.4 Å². The summed E-state index contributed by atoms with van der Waals surface area (Å²) in [6.45, 7) is 1.09. The van der Waals surface area contributed by atoms with Gasteiger partial charge in [-0.2, -0.15) is 10.1 Å². The third-order valence-electron chi connectivity index (χ3n) is 4.45. The van der Waals surface area contributed by atoms with Crippen molar-refractivity contribution in [2.45, 2.75) is 13.1 Å². The number of ether oxygens (including phenoxy) is 1. The van der Waals surface area contributed by atoms with E-state index in [4.69, 9.17) is 4.74 Å². The van der Waals surface area contributed by atoms with Crippen LogP contribution >= 0.6 is 11.3 Å².